The van der Waals surface area contributed by atoms with Crippen LogP contribution in [0.4, 0.5) is 4.39 Å². The summed E-state index contributed by atoms with van der Waals surface area (Å²) in [7, 11) is 0. The number of amides is 2. The highest BCUT2D eigenvalue weighted by atomic mass is 35.5. The molecular formula is C21H23Cl2FN2O3. The van der Waals surface area contributed by atoms with Crippen LogP contribution in [0.2, 0.25) is 10.0 Å². The van der Waals surface area contributed by atoms with E-state index in [1.807, 2.05) is 6.92 Å². The van der Waals surface area contributed by atoms with Crippen LogP contribution < -0.4 is 10.1 Å². The Kier molecular flexibility index (Phi) is 8.73. The third kappa shape index (κ3) is 6.61. The van der Waals surface area contributed by atoms with Gasteiger partial charge in [0.15, 0.2) is 6.61 Å². The lowest BCUT2D eigenvalue weighted by Gasteiger charge is -2.29. The first kappa shape index (κ1) is 23.0. The van der Waals surface area contributed by atoms with Crippen LogP contribution in [0.15, 0.2) is 42.5 Å². The van der Waals surface area contributed by atoms with Crippen LogP contribution in [0, 0.1) is 5.82 Å². The van der Waals surface area contributed by atoms with E-state index in [9.17, 15) is 14.0 Å². The summed E-state index contributed by atoms with van der Waals surface area (Å²) >= 11 is 11.9. The van der Waals surface area contributed by atoms with Crippen LogP contribution >= 0.6 is 23.2 Å². The molecule has 0 aliphatic rings. The summed E-state index contributed by atoms with van der Waals surface area (Å²) in [6.07, 6.45) is 0.762. The Bertz CT molecular complexity index is 864. The highest BCUT2D eigenvalue weighted by Gasteiger charge is 2.27. The minimum atomic E-state index is -0.807. The van der Waals surface area contributed by atoms with Crippen molar-refractivity contribution in [1.82, 2.24) is 10.2 Å². The molecule has 0 saturated carbocycles. The highest BCUT2D eigenvalue weighted by Crippen LogP contribution is 2.27. The Hall–Kier alpha value is -2.31. The Morgan fingerprint density at radius 3 is 2.59 bits per heavy atom. The van der Waals surface area contributed by atoms with E-state index in [1.54, 1.807) is 37.3 Å². The van der Waals surface area contributed by atoms with Crippen molar-refractivity contribution in [2.24, 2.45) is 0 Å². The van der Waals surface area contributed by atoms with Crippen molar-refractivity contribution in [1.29, 1.82) is 0 Å². The maximum Gasteiger partial charge on any atom is 0.261 e. The molecule has 2 rings (SSSR count). The average Bonchev–Trinajstić information content (AvgIpc) is 2.70. The topological polar surface area (TPSA) is 58.6 Å². The van der Waals surface area contributed by atoms with Crippen molar-refractivity contribution >= 4 is 35.0 Å². The lowest BCUT2D eigenvalue weighted by Crippen LogP contribution is -2.49. The molecule has 5 nitrogen and oxygen atoms in total. The van der Waals surface area contributed by atoms with E-state index in [0.29, 0.717) is 22.9 Å². The van der Waals surface area contributed by atoms with E-state index in [1.165, 1.54) is 17.0 Å². The number of carbonyl (C=O) groups is 2. The molecule has 2 amide bonds. The van der Waals surface area contributed by atoms with E-state index >= 15 is 0 Å². The molecule has 1 atom stereocenters. The van der Waals surface area contributed by atoms with E-state index in [2.05, 4.69) is 5.32 Å². The normalized spacial score (nSPS) is 11.6. The summed E-state index contributed by atoms with van der Waals surface area (Å²) in [5, 5.41) is 3.46. The molecule has 156 valence electrons. The van der Waals surface area contributed by atoms with Gasteiger partial charge in [-0.05, 0) is 37.6 Å². The van der Waals surface area contributed by atoms with Gasteiger partial charge in [-0.3, -0.25) is 9.59 Å². The van der Waals surface area contributed by atoms with Crippen LogP contribution in [-0.4, -0.2) is 35.9 Å². The van der Waals surface area contributed by atoms with Gasteiger partial charge in [0, 0.05) is 23.7 Å². The summed E-state index contributed by atoms with van der Waals surface area (Å²) in [6.45, 7) is 3.59. The van der Waals surface area contributed by atoms with Gasteiger partial charge in [0.2, 0.25) is 5.91 Å². The molecule has 1 unspecified atom stereocenters. The number of carbonyl (C=O) groups excluding carboxylic acids is 2. The fourth-order valence-corrected chi connectivity index (χ4v) is 3.07. The van der Waals surface area contributed by atoms with Gasteiger partial charge >= 0.3 is 0 Å². The van der Waals surface area contributed by atoms with Gasteiger partial charge in [-0.25, -0.2) is 4.39 Å². The molecule has 8 heteroatoms. The molecule has 0 spiro atoms. The van der Waals surface area contributed by atoms with Crippen LogP contribution in [0.5, 0.6) is 5.75 Å². The molecule has 0 radical (unpaired) electrons. The molecule has 0 saturated heterocycles. The number of nitrogens with one attached hydrogen (secondary N) is 1. The monoisotopic (exact) mass is 440 g/mol. The number of benzene rings is 2. The number of nitrogens with zero attached hydrogens (tertiary/aromatic N) is 1. The van der Waals surface area contributed by atoms with Gasteiger partial charge in [-0.1, -0.05) is 48.3 Å². The highest BCUT2D eigenvalue weighted by molar-refractivity contribution is 6.35. The SMILES string of the molecule is CCCNC(=O)C(C)N(Cc1ccccc1F)C(=O)COc1ccc(Cl)cc1Cl. The standard InChI is InChI=1S/C21H23Cl2FN2O3/c1-3-10-25-21(28)14(2)26(12-15-6-4-5-7-18(15)24)20(27)13-29-19-9-8-16(22)11-17(19)23/h4-9,11,14H,3,10,12-13H2,1-2H3,(H,25,28). The molecule has 0 aliphatic carbocycles. The van der Waals surface area contributed by atoms with Crippen LogP contribution in [0.25, 0.3) is 0 Å². The summed E-state index contributed by atoms with van der Waals surface area (Å²) in [6, 6.07) is 9.95. The third-order valence-electron chi connectivity index (χ3n) is 4.26. The van der Waals surface area contributed by atoms with Crippen LogP contribution in [0.3, 0.4) is 0 Å². The van der Waals surface area contributed by atoms with Crippen molar-refractivity contribution in [2.75, 3.05) is 13.2 Å². The molecule has 2 aromatic carbocycles. The molecule has 0 heterocycles. The summed E-state index contributed by atoms with van der Waals surface area (Å²) in [5.74, 6) is -0.953. The second kappa shape index (κ2) is 11.0. The first-order chi connectivity index (χ1) is 13.8. The Balaban J connectivity index is 2.17. The predicted octanol–water partition coefficient (Wildman–Crippen LogP) is 4.45. The number of rotatable bonds is 9. The van der Waals surface area contributed by atoms with Gasteiger partial charge in [-0.2, -0.15) is 0 Å². The summed E-state index contributed by atoms with van der Waals surface area (Å²) in [4.78, 5) is 26.6. The zero-order chi connectivity index (χ0) is 21.4. The van der Waals surface area contributed by atoms with Crippen molar-refractivity contribution in [3.05, 3.63) is 63.9 Å². The lowest BCUT2D eigenvalue weighted by atomic mass is 10.1. The number of hydrogen-bond acceptors (Lipinski definition) is 3. The molecule has 2 aromatic rings. The minimum Gasteiger partial charge on any atom is -0.482 e. The maximum absolute atomic E-state index is 14.1. The van der Waals surface area contributed by atoms with Gasteiger partial charge in [0.25, 0.3) is 5.91 Å². The number of hydrogen-bond donors (Lipinski definition) is 1. The molecular weight excluding hydrogens is 418 g/mol. The second-order valence-corrected chi connectivity index (χ2v) is 7.29. The van der Waals surface area contributed by atoms with Crippen LogP contribution in [-0.2, 0) is 16.1 Å². The van der Waals surface area contributed by atoms with Gasteiger partial charge in [0.1, 0.15) is 17.6 Å². The van der Waals surface area contributed by atoms with Gasteiger partial charge < -0.3 is 15.0 Å². The van der Waals surface area contributed by atoms with Gasteiger partial charge in [-0.15, -0.1) is 0 Å². The summed E-state index contributed by atoms with van der Waals surface area (Å²) in [5.41, 5.74) is 0.306. The Labute approximate surface area is 179 Å². The van der Waals surface area contributed by atoms with Crippen molar-refractivity contribution in [3.63, 3.8) is 0 Å². The first-order valence-electron chi connectivity index (χ1n) is 9.22. The largest absolute Gasteiger partial charge is 0.482 e. The lowest BCUT2D eigenvalue weighted by molar-refractivity contribution is -0.142. The fraction of sp³-hybridized carbons (Fsp3) is 0.333. The molecule has 29 heavy (non-hydrogen) atoms. The van der Waals surface area contributed by atoms with Gasteiger partial charge in [0.05, 0.1) is 5.02 Å². The van der Waals surface area contributed by atoms with E-state index in [-0.39, 0.29) is 24.1 Å². The first-order valence-corrected chi connectivity index (χ1v) is 9.97. The minimum absolute atomic E-state index is 0.0655. The number of ether oxygens (including phenoxy) is 1. The van der Waals surface area contributed by atoms with E-state index < -0.39 is 17.8 Å². The van der Waals surface area contributed by atoms with E-state index in [0.717, 1.165) is 6.42 Å². The Morgan fingerprint density at radius 2 is 1.93 bits per heavy atom. The molecule has 0 fully saturated rings. The van der Waals surface area contributed by atoms with Crippen molar-refractivity contribution in [3.8, 4) is 5.75 Å². The van der Waals surface area contributed by atoms with E-state index in [4.69, 9.17) is 27.9 Å². The smallest absolute Gasteiger partial charge is 0.261 e. The fourth-order valence-electron chi connectivity index (χ4n) is 2.60. The molecule has 1 N–H and O–H groups in total. The van der Waals surface area contributed by atoms with Crippen molar-refractivity contribution < 1.29 is 18.7 Å². The zero-order valence-electron chi connectivity index (χ0n) is 16.3. The molecule has 0 aliphatic heterocycles. The summed E-state index contributed by atoms with van der Waals surface area (Å²) < 4.78 is 19.6. The Morgan fingerprint density at radius 1 is 1.21 bits per heavy atom. The quantitative estimate of drug-likeness (QED) is 0.626. The van der Waals surface area contributed by atoms with Crippen LogP contribution in [0.1, 0.15) is 25.8 Å². The number of halogens is 3. The zero-order valence-corrected chi connectivity index (χ0v) is 17.8. The second-order valence-electron chi connectivity index (χ2n) is 6.44. The predicted molar refractivity (Wildman–Crippen MR) is 112 cm³/mol. The molecule has 0 aromatic heterocycles. The maximum atomic E-state index is 14.1. The molecule has 0 bridgehead atoms. The van der Waals surface area contributed by atoms with Crippen molar-refractivity contribution in [2.45, 2.75) is 32.9 Å². The average molecular weight is 441 g/mol. The third-order valence-corrected chi connectivity index (χ3v) is 4.79.